The lowest BCUT2D eigenvalue weighted by Crippen LogP contribution is -2.31. The molecule has 1 atom stereocenters. The molecule has 0 spiro atoms. The Kier molecular flexibility index (Phi) is 3.27. The van der Waals surface area contributed by atoms with Gasteiger partial charge < -0.3 is 11.1 Å². The third-order valence-electron chi connectivity index (χ3n) is 3.21. The van der Waals surface area contributed by atoms with Crippen molar-refractivity contribution in [3.63, 3.8) is 0 Å². The minimum Gasteiger partial charge on any atom is -0.399 e. The molecular formula is C13H20N2. The fourth-order valence-corrected chi connectivity index (χ4v) is 2.32. The lowest BCUT2D eigenvalue weighted by molar-refractivity contribution is 0.376. The van der Waals surface area contributed by atoms with E-state index in [4.69, 9.17) is 5.73 Å². The van der Waals surface area contributed by atoms with E-state index in [1.165, 1.54) is 30.5 Å². The van der Waals surface area contributed by atoms with Gasteiger partial charge in [-0.2, -0.15) is 0 Å². The van der Waals surface area contributed by atoms with Gasteiger partial charge in [-0.25, -0.2) is 0 Å². The zero-order chi connectivity index (χ0) is 10.7. The summed E-state index contributed by atoms with van der Waals surface area (Å²) in [6.07, 6.45) is 3.76. The van der Waals surface area contributed by atoms with Crippen LogP contribution in [0, 0.1) is 12.8 Å². The lowest BCUT2D eigenvalue weighted by Gasteiger charge is -2.23. The van der Waals surface area contributed by atoms with Gasteiger partial charge in [-0.15, -0.1) is 0 Å². The highest BCUT2D eigenvalue weighted by Crippen LogP contribution is 2.21. The van der Waals surface area contributed by atoms with Gasteiger partial charge in [0.15, 0.2) is 0 Å². The summed E-state index contributed by atoms with van der Waals surface area (Å²) in [7, 11) is 0. The monoisotopic (exact) mass is 204 g/mol. The Morgan fingerprint density at radius 3 is 3.07 bits per heavy atom. The van der Waals surface area contributed by atoms with Gasteiger partial charge in [0, 0.05) is 5.69 Å². The molecule has 15 heavy (non-hydrogen) atoms. The molecule has 1 aliphatic heterocycles. The molecule has 1 aromatic carbocycles. The first-order valence-corrected chi connectivity index (χ1v) is 5.81. The number of rotatable bonds is 2. The van der Waals surface area contributed by atoms with Crippen molar-refractivity contribution >= 4 is 5.69 Å². The van der Waals surface area contributed by atoms with Gasteiger partial charge in [0.25, 0.3) is 0 Å². The second-order valence-electron chi connectivity index (χ2n) is 4.62. The van der Waals surface area contributed by atoms with E-state index >= 15 is 0 Å². The maximum Gasteiger partial charge on any atom is 0.0346 e. The first kappa shape index (κ1) is 10.5. The van der Waals surface area contributed by atoms with Crippen LogP contribution in [0.3, 0.4) is 0 Å². The fourth-order valence-electron chi connectivity index (χ4n) is 2.32. The minimum atomic E-state index is 0.767. The Labute approximate surface area is 91.9 Å². The molecule has 2 heteroatoms. The summed E-state index contributed by atoms with van der Waals surface area (Å²) in [4.78, 5) is 0. The Morgan fingerprint density at radius 1 is 1.47 bits per heavy atom. The van der Waals surface area contributed by atoms with E-state index < -0.39 is 0 Å². The molecule has 2 nitrogen and oxygen atoms in total. The Morgan fingerprint density at radius 2 is 2.33 bits per heavy atom. The van der Waals surface area contributed by atoms with Crippen LogP contribution in [-0.2, 0) is 6.42 Å². The molecule has 0 radical (unpaired) electrons. The summed E-state index contributed by atoms with van der Waals surface area (Å²) >= 11 is 0. The summed E-state index contributed by atoms with van der Waals surface area (Å²) < 4.78 is 0. The number of nitrogens with two attached hydrogens (primary N) is 1. The molecule has 1 aromatic rings. The van der Waals surface area contributed by atoms with Gasteiger partial charge in [0.1, 0.15) is 0 Å². The molecule has 0 aromatic heterocycles. The predicted molar refractivity (Wildman–Crippen MR) is 64.9 cm³/mol. The lowest BCUT2D eigenvalue weighted by atomic mass is 9.91. The van der Waals surface area contributed by atoms with E-state index in [9.17, 15) is 0 Å². The number of hydrogen-bond acceptors (Lipinski definition) is 2. The Bertz CT molecular complexity index is 327. The molecule has 1 heterocycles. The van der Waals surface area contributed by atoms with Crippen LogP contribution in [0.25, 0.3) is 0 Å². The van der Waals surface area contributed by atoms with Crippen LogP contribution in [0.2, 0.25) is 0 Å². The number of hydrogen-bond donors (Lipinski definition) is 2. The smallest absolute Gasteiger partial charge is 0.0346 e. The van der Waals surface area contributed by atoms with E-state index in [-0.39, 0.29) is 0 Å². The molecule has 0 aliphatic carbocycles. The molecule has 0 saturated carbocycles. The number of piperidine rings is 1. The predicted octanol–water partition coefficient (Wildman–Crippen LogP) is 2.12. The highest BCUT2D eigenvalue weighted by Gasteiger charge is 2.14. The summed E-state index contributed by atoms with van der Waals surface area (Å²) in [6, 6.07) is 6.34. The van der Waals surface area contributed by atoms with Crippen LogP contribution in [0.1, 0.15) is 24.0 Å². The van der Waals surface area contributed by atoms with Gasteiger partial charge in [0.2, 0.25) is 0 Å². The van der Waals surface area contributed by atoms with Gasteiger partial charge in [-0.3, -0.25) is 0 Å². The van der Waals surface area contributed by atoms with Crippen LogP contribution < -0.4 is 11.1 Å². The van der Waals surface area contributed by atoms with Crippen molar-refractivity contribution in [1.82, 2.24) is 5.32 Å². The van der Waals surface area contributed by atoms with Crippen molar-refractivity contribution in [1.29, 1.82) is 0 Å². The Hall–Kier alpha value is -1.02. The average Bonchev–Trinajstić information content (AvgIpc) is 2.25. The van der Waals surface area contributed by atoms with Crippen molar-refractivity contribution in [2.24, 2.45) is 5.92 Å². The van der Waals surface area contributed by atoms with Crippen LogP contribution in [0.15, 0.2) is 18.2 Å². The van der Waals surface area contributed by atoms with Crippen molar-refractivity contribution in [2.75, 3.05) is 18.8 Å². The molecular weight excluding hydrogens is 184 g/mol. The van der Waals surface area contributed by atoms with E-state index in [1.54, 1.807) is 0 Å². The Balaban J connectivity index is 2.05. The third-order valence-corrected chi connectivity index (χ3v) is 3.21. The molecule has 0 bridgehead atoms. The van der Waals surface area contributed by atoms with Crippen LogP contribution in [0.5, 0.6) is 0 Å². The topological polar surface area (TPSA) is 38.0 Å². The largest absolute Gasteiger partial charge is 0.399 e. The van der Waals surface area contributed by atoms with Crippen molar-refractivity contribution in [2.45, 2.75) is 26.2 Å². The van der Waals surface area contributed by atoms with Gasteiger partial charge in [-0.1, -0.05) is 17.7 Å². The zero-order valence-corrected chi connectivity index (χ0v) is 9.42. The van der Waals surface area contributed by atoms with Gasteiger partial charge >= 0.3 is 0 Å². The van der Waals surface area contributed by atoms with E-state index in [0.29, 0.717) is 0 Å². The molecule has 3 N–H and O–H groups in total. The van der Waals surface area contributed by atoms with Crippen LogP contribution in [0.4, 0.5) is 5.69 Å². The quantitative estimate of drug-likeness (QED) is 0.724. The fraction of sp³-hybridized carbons (Fsp3) is 0.538. The molecule has 1 aliphatic rings. The summed E-state index contributed by atoms with van der Waals surface area (Å²) in [5.41, 5.74) is 9.57. The van der Waals surface area contributed by atoms with Gasteiger partial charge in [0.05, 0.1) is 0 Å². The standard InChI is InChI=1S/C13H20N2/c1-10-4-5-13(14)12(7-10)8-11-3-2-6-15-9-11/h4-5,7,11,15H,2-3,6,8-9,14H2,1H3. The highest BCUT2D eigenvalue weighted by atomic mass is 14.9. The number of anilines is 1. The van der Waals surface area contributed by atoms with Gasteiger partial charge in [-0.05, 0) is 56.8 Å². The number of aryl methyl sites for hydroxylation is 1. The summed E-state index contributed by atoms with van der Waals surface area (Å²) in [5, 5.41) is 3.45. The molecule has 1 unspecified atom stereocenters. The van der Waals surface area contributed by atoms with Crippen molar-refractivity contribution in [3.05, 3.63) is 29.3 Å². The summed E-state index contributed by atoms with van der Waals surface area (Å²) in [5.74, 6) is 0.767. The molecule has 0 amide bonds. The number of benzene rings is 1. The van der Waals surface area contributed by atoms with Crippen LogP contribution in [-0.4, -0.2) is 13.1 Å². The maximum absolute atomic E-state index is 5.99. The first-order valence-electron chi connectivity index (χ1n) is 5.81. The zero-order valence-electron chi connectivity index (χ0n) is 9.42. The second-order valence-corrected chi connectivity index (χ2v) is 4.62. The SMILES string of the molecule is Cc1ccc(N)c(CC2CCCNC2)c1. The molecule has 82 valence electrons. The first-order chi connectivity index (χ1) is 7.25. The molecule has 2 rings (SSSR count). The van der Waals surface area contributed by atoms with E-state index in [1.807, 2.05) is 6.07 Å². The normalized spacial score (nSPS) is 21.5. The maximum atomic E-state index is 5.99. The van der Waals surface area contributed by atoms with E-state index in [2.05, 4.69) is 24.4 Å². The third kappa shape index (κ3) is 2.72. The summed E-state index contributed by atoms with van der Waals surface area (Å²) in [6.45, 7) is 4.45. The average molecular weight is 204 g/mol. The minimum absolute atomic E-state index is 0.767. The van der Waals surface area contributed by atoms with Crippen molar-refractivity contribution in [3.8, 4) is 0 Å². The number of nitrogens with one attached hydrogen (secondary N) is 1. The molecule has 1 fully saturated rings. The van der Waals surface area contributed by atoms with Crippen LogP contribution >= 0.6 is 0 Å². The number of nitrogen functional groups attached to an aromatic ring is 1. The van der Waals surface area contributed by atoms with E-state index in [0.717, 1.165) is 24.6 Å². The highest BCUT2D eigenvalue weighted by molar-refractivity contribution is 5.48. The molecule has 1 saturated heterocycles. The second kappa shape index (κ2) is 4.67. The van der Waals surface area contributed by atoms with Crippen molar-refractivity contribution < 1.29 is 0 Å².